The number of nitrogens with one attached hydrogen (secondary N) is 2. The molecule has 174 valence electrons. The molecule has 0 saturated carbocycles. The van der Waals surface area contributed by atoms with Gasteiger partial charge in [-0.2, -0.15) is 0 Å². The number of methoxy groups -OCH3 is 1. The van der Waals surface area contributed by atoms with Crippen LogP contribution in [0.2, 0.25) is 0 Å². The van der Waals surface area contributed by atoms with Gasteiger partial charge in [0.05, 0.1) is 18.1 Å². The average molecular weight is 471 g/mol. The first-order valence-electron chi connectivity index (χ1n) is 10.3. The van der Waals surface area contributed by atoms with Gasteiger partial charge >= 0.3 is 0 Å². The Hall–Kier alpha value is -3.56. The number of hydrogen-bond acceptors (Lipinski definition) is 6. The van der Waals surface area contributed by atoms with Gasteiger partial charge in [-0.3, -0.25) is 9.52 Å². The van der Waals surface area contributed by atoms with Gasteiger partial charge in [0.1, 0.15) is 18.1 Å². The van der Waals surface area contributed by atoms with Crippen LogP contribution in [0.5, 0.6) is 11.5 Å². The summed E-state index contributed by atoms with van der Waals surface area (Å²) < 4.78 is 43.6. The maximum atomic E-state index is 12.6. The van der Waals surface area contributed by atoms with Crippen molar-refractivity contribution < 1.29 is 27.4 Å². The van der Waals surface area contributed by atoms with Crippen LogP contribution in [0.25, 0.3) is 0 Å². The Kier molecular flexibility index (Phi) is 8.28. The molecule has 0 aliphatic rings. The standard InChI is InChI=1S/C24H26N2O6S/c1-3-31-21-12-6-20(7-13-21)26-33(28,29)23-14-8-19(9-15-23)25-24(27)18-4-10-22(11-5-18)32-17-16-30-2/h4-15,26H,3,16-17H2,1-2H3,(H,25,27). The van der Waals surface area contributed by atoms with E-state index in [1.807, 2.05) is 6.92 Å². The average Bonchev–Trinajstić information content (AvgIpc) is 2.81. The van der Waals surface area contributed by atoms with Gasteiger partial charge in [0.2, 0.25) is 0 Å². The number of carbonyl (C=O) groups is 1. The van der Waals surface area contributed by atoms with Gasteiger partial charge in [-0.1, -0.05) is 0 Å². The first-order chi connectivity index (χ1) is 15.9. The molecular formula is C24H26N2O6S. The van der Waals surface area contributed by atoms with Crippen molar-refractivity contribution in [2.75, 3.05) is 37.0 Å². The maximum absolute atomic E-state index is 12.6. The smallest absolute Gasteiger partial charge is 0.261 e. The quantitative estimate of drug-likeness (QED) is 0.408. The SMILES string of the molecule is CCOc1ccc(NS(=O)(=O)c2ccc(NC(=O)c3ccc(OCCOC)cc3)cc2)cc1. The van der Waals surface area contributed by atoms with Gasteiger partial charge in [-0.15, -0.1) is 0 Å². The van der Waals surface area contributed by atoms with Gasteiger partial charge in [0, 0.05) is 24.0 Å². The van der Waals surface area contributed by atoms with E-state index >= 15 is 0 Å². The molecule has 9 heteroatoms. The molecule has 0 aliphatic carbocycles. The monoisotopic (exact) mass is 470 g/mol. The summed E-state index contributed by atoms with van der Waals surface area (Å²) in [5, 5.41) is 2.75. The van der Waals surface area contributed by atoms with Crippen LogP contribution in [0, 0.1) is 0 Å². The highest BCUT2D eigenvalue weighted by molar-refractivity contribution is 7.92. The third-order valence-corrected chi connectivity index (χ3v) is 5.91. The van der Waals surface area contributed by atoms with E-state index in [-0.39, 0.29) is 10.8 Å². The molecule has 0 unspecified atom stereocenters. The number of carbonyl (C=O) groups excluding carboxylic acids is 1. The van der Waals surface area contributed by atoms with Crippen molar-refractivity contribution in [1.82, 2.24) is 0 Å². The van der Waals surface area contributed by atoms with Crippen LogP contribution in [0.15, 0.2) is 77.7 Å². The number of amides is 1. The van der Waals surface area contributed by atoms with Gasteiger partial charge in [-0.05, 0) is 79.7 Å². The van der Waals surface area contributed by atoms with Gasteiger partial charge in [-0.25, -0.2) is 8.42 Å². The Bertz CT molecular complexity index is 1150. The molecule has 0 radical (unpaired) electrons. The molecule has 8 nitrogen and oxygen atoms in total. The molecule has 0 heterocycles. The van der Waals surface area contributed by atoms with Gasteiger partial charge in [0.15, 0.2) is 0 Å². The summed E-state index contributed by atoms with van der Waals surface area (Å²) in [5.41, 5.74) is 1.34. The lowest BCUT2D eigenvalue weighted by Crippen LogP contribution is -2.14. The summed E-state index contributed by atoms with van der Waals surface area (Å²) in [5.74, 6) is 0.980. The van der Waals surface area contributed by atoms with E-state index in [2.05, 4.69) is 10.0 Å². The highest BCUT2D eigenvalue weighted by Gasteiger charge is 2.15. The van der Waals surface area contributed by atoms with Crippen LogP contribution in [0.1, 0.15) is 17.3 Å². The van der Waals surface area contributed by atoms with Gasteiger partial charge in [0.25, 0.3) is 15.9 Å². The lowest BCUT2D eigenvalue weighted by molar-refractivity contribution is 0.102. The van der Waals surface area contributed by atoms with Crippen molar-refractivity contribution >= 4 is 27.3 Å². The Balaban J connectivity index is 1.60. The molecule has 3 rings (SSSR count). The predicted octanol–water partition coefficient (Wildman–Crippen LogP) is 4.16. The fourth-order valence-corrected chi connectivity index (χ4v) is 3.92. The van der Waals surface area contributed by atoms with Gasteiger partial charge < -0.3 is 19.5 Å². The van der Waals surface area contributed by atoms with Crippen LogP contribution in [-0.4, -0.2) is 41.3 Å². The van der Waals surface area contributed by atoms with E-state index in [0.29, 0.717) is 48.3 Å². The van der Waals surface area contributed by atoms with Crippen molar-refractivity contribution in [3.63, 3.8) is 0 Å². The number of ether oxygens (including phenoxy) is 3. The molecule has 0 bridgehead atoms. The van der Waals surface area contributed by atoms with Crippen molar-refractivity contribution in [3.05, 3.63) is 78.4 Å². The largest absolute Gasteiger partial charge is 0.494 e. The fourth-order valence-electron chi connectivity index (χ4n) is 2.87. The van der Waals surface area contributed by atoms with Crippen molar-refractivity contribution in [1.29, 1.82) is 0 Å². The second-order valence-corrected chi connectivity index (χ2v) is 8.59. The lowest BCUT2D eigenvalue weighted by Gasteiger charge is -2.11. The number of hydrogen-bond donors (Lipinski definition) is 2. The number of anilines is 2. The second kappa shape index (κ2) is 11.3. The maximum Gasteiger partial charge on any atom is 0.261 e. The zero-order valence-electron chi connectivity index (χ0n) is 18.4. The van der Waals surface area contributed by atoms with E-state index in [1.54, 1.807) is 55.6 Å². The van der Waals surface area contributed by atoms with Crippen LogP contribution < -0.4 is 19.5 Å². The second-order valence-electron chi connectivity index (χ2n) is 6.91. The minimum Gasteiger partial charge on any atom is -0.494 e. The number of rotatable bonds is 11. The fraction of sp³-hybridized carbons (Fsp3) is 0.208. The summed E-state index contributed by atoms with van der Waals surface area (Å²) in [7, 11) is -2.18. The zero-order chi connectivity index (χ0) is 23.7. The molecule has 1 amide bonds. The van der Waals surface area contributed by atoms with Crippen molar-refractivity contribution in [2.45, 2.75) is 11.8 Å². The summed E-state index contributed by atoms with van der Waals surface area (Å²) in [6, 6.07) is 19.3. The van der Waals surface area contributed by atoms with E-state index < -0.39 is 10.0 Å². The number of benzene rings is 3. The molecule has 3 aromatic rings. The van der Waals surface area contributed by atoms with Crippen LogP contribution in [0.3, 0.4) is 0 Å². The summed E-state index contributed by atoms with van der Waals surface area (Å²) in [6.45, 7) is 3.30. The Morgan fingerprint density at radius 3 is 1.97 bits per heavy atom. The molecule has 2 N–H and O–H groups in total. The van der Waals surface area contributed by atoms with Crippen LogP contribution in [-0.2, 0) is 14.8 Å². The third-order valence-electron chi connectivity index (χ3n) is 4.51. The van der Waals surface area contributed by atoms with Crippen molar-refractivity contribution in [3.8, 4) is 11.5 Å². The third kappa shape index (κ3) is 6.96. The Labute approximate surface area is 193 Å². The summed E-state index contributed by atoms with van der Waals surface area (Å²) in [6.07, 6.45) is 0. The van der Waals surface area contributed by atoms with Crippen LogP contribution >= 0.6 is 0 Å². The lowest BCUT2D eigenvalue weighted by atomic mass is 10.2. The van der Waals surface area contributed by atoms with E-state index in [4.69, 9.17) is 14.2 Å². The molecule has 0 atom stereocenters. The molecular weight excluding hydrogens is 444 g/mol. The Morgan fingerprint density at radius 1 is 0.788 bits per heavy atom. The normalized spacial score (nSPS) is 11.0. The summed E-state index contributed by atoms with van der Waals surface area (Å²) in [4.78, 5) is 12.5. The van der Waals surface area contributed by atoms with E-state index in [1.165, 1.54) is 24.3 Å². The number of sulfonamides is 1. The molecule has 0 saturated heterocycles. The first-order valence-corrected chi connectivity index (χ1v) is 11.8. The molecule has 3 aromatic carbocycles. The minimum absolute atomic E-state index is 0.0759. The topological polar surface area (TPSA) is 103 Å². The van der Waals surface area contributed by atoms with Crippen LogP contribution in [0.4, 0.5) is 11.4 Å². The molecule has 0 aromatic heterocycles. The van der Waals surface area contributed by atoms with Crippen molar-refractivity contribution in [2.24, 2.45) is 0 Å². The highest BCUT2D eigenvalue weighted by atomic mass is 32.2. The molecule has 0 aliphatic heterocycles. The molecule has 33 heavy (non-hydrogen) atoms. The first kappa shape index (κ1) is 24.1. The highest BCUT2D eigenvalue weighted by Crippen LogP contribution is 2.21. The van der Waals surface area contributed by atoms with E-state index in [9.17, 15) is 13.2 Å². The Morgan fingerprint density at radius 2 is 1.36 bits per heavy atom. The molecule has 0 spiro atoms. The predicted molar refractivity (Wildman–Crippen MR) is 127 cm³/mol. The minimum atomic E-state index is -3.78. The summed E-state index contributed by atoms with van der Waals surface area (Å²) >= 11 is 0. The van der Waals surface area contributed by atoms with E-state index in [0.717, 1.165) is 0 Å². The zero-order valence-corrected chi connectivity index (χ0v) is 19.2. The molecule has 0 fully saturated rings.